The summed E-state index contributed by atoms with van der Waals surface area (Å²) in [6.07, 6.45) is 0.0527. The van der Waals surface area contributed by atoms with Crippen LogP contribution < -0.4 is 20.9 Å². The molecule has 3 N–H and O–H groups in total. The van der Waals surface area contributed by atoms with Crippen molar-refractivity contribution in [2.45, 2.75) is 20.0 Å². The number of anilines is 1. The van der Waals surface area contributed by atoms with Crippen LogP contribution in [0, 0.1) is 10.1 Å². The summed E-state index contributed by atoms with van der Waals surface area (Å²) in [5.74, 6) is 0.307. The Morgan fingerprint density at radius 1 is 1.12 bits per heavy atom. The van der Waals surface area contributed by atoms with Gasteiger partial charge in [-0.1, -0.05) is 0 Å². The van der Waals surface area contributed by atoms with Crippen LogP contribution in [0.25, 0.3) is 0 Å². The zero-order valence-electron chi connectivity index (χ0n) is 14.2. The summed E-state index contributed by atoms with van der Waals surface area (Å²) in [4.78, 5) is 22.3. The van der Waals surface area contributed by atoms with Crippen LogP contribution in [0.3, 0.4) is 0 Å². The first-order valence-electron chi connectivity index (χ1n) is 7.73. The SMILES string of the molecule is CC(C)Oc1ccc(C(=O)NC(=S)NNc2ccc([N+](=O)[O-])cc2)cc1. The van der Waals surface area contributed by atoms with Gasteiger partial charge in [-0.25, -0.2) is 0 Å². The van der Waals surface area contributed by atoms with Gasteiger partial charge in [0.1, 0.15) is 5.75 Å². The highest BCUT2D eigenvalue weighted by Crippen LogP contribution is 2.15. The number of nitrogens with zero attached hydrogens (tertiary/aromatic N) is 1. The molecule has 0 spiro atoms. The number of non-ortho nitro benzene ring substituents is 1. The van der Waals surface area contributed by atoms with E-state index in [0.717, 1.165) is 0 Å². The summed E-state index contributed by atoms with van der Waals surface area (Å²) in [5, 5.41) is 13.2. The Bertz CT molecular complexity index is 791. The van der Waals surface area contributed by atoms with Gasteiger partial charge in [0.05, 0.1) is 16.7 Å². The Kier molecular flexibility index (Phi) is 6.45. The molecule has 2 aromatic rings. The summed E-state index contributed by atoms with van der Waals surface area (Å²) in [6, 6.07) is 12.4. The van der Waals surface area contributed by atoms with E-state index in [2.05, 4.69) is 16.2 Å². The van der Waals surface area contributed by atoms with Crippen molar-refractivity contribution >= 4 is 34.6 Å². The molecule has 0 fully saturated rings. The van der Waals surface area contributed by atoms with Crippen molar-refractivity contribution < 1.29 is 14.5 Å². The summed E-state index contributed by atoms with van der Waals surface area (Å²) in [6.45, 7) is 3.84. The third kappa shape index (κ3) is 5.71. The fourth-order valence-electron chi connectivity index (χ4n) is 1.96. The molecule has 0 aliphatic rings. The highest BCUT2D eigenvalue weighted by molar-refractivity contribution is 7.80. The average molecular weight is 374 g/mol. The zero-order valence-corrected chi connectivity index (χ0v) is 15.0. The number of nitrogens with one attached hydrogen (secondary N) is 3. The van der Waals surface area contributed by atoms with Gasteiger partial charge in [0.2, 0.25) is 0 Å². The van der Waals surface area contributed by atoms with E-state index in [0.29, 0.717) is 17.0 Å². The molecule has 0 saturated carbocycles. The van der Waals surface area contributed by atoms with Gasteiger partial charge in [0.25, 0.3) is 11.6 Å². The van der Waals surface area contributed by atoms with Gasteiger partial charge in [-0.05, 0) is 62.5 Å². The van der Waals surface area contributed by atoms with Gasteiger partial charge < -0.3 is 4.74 Å². The number of ether oxygens (including phenoxy) is 1. The average Bonchev–Trinajstić information content (AvgIpc) is 2.60. The van der Waals surface area contributed by atoms with E-state index < -0.39 is 4.92 Å². The van der Waals surface area contributed by atoms with Crippen molar-refractivity contribution in [2.24, 2.45) is 0 Å². The number of hydrazine groups is 1. The van der Waals surface area contributed by atoms with Crippen LogP contribution in [-0.4, -0.2) is 22.0 Å². The standard InChI is InChI=1S/C17H18N4O4S/c1-11(2)25-15-9-3-12(4-10-15)16(22)18-17(26)20-19-13-5-7-14(8-6-13)21(23)24/h3-11,19H,1-2H3,(H2,18,20,22,26). The smallest absolute Gasteiger partial charge is 0.269 e. The van der Waals surface area contributed by atoms with E-state index in [1.165, 1.54) is 24.3 Å². The Labute approximate surface area is 155 Å². The molecule has 0 bridgehead atoms. The molecular weight excluding hydrogens is 356 g/mol. The minimum atomic E-state index is -0.487. The van der Waals surface area contributed by atoms with Crippen molar-refractivity contribution in [3.05, 3.63) is 64.2 Å². The third-order valence-corrected chi connectivity index (χ3v) is 3.32. The summed E-state index contributed by atoms with van der Waals surface area (Å²) >= 11 is 5.04. The highest BCUT2D eigenvalue weighted by Gasteiger charge is 2.09. The molecule has 0 saturated heterocycles. The second-order valence-electron chi connectivity index (χ2n) is 5.53. The maximum Gasteiger partial charge on any atom is 0.269 e. The number of nitro benzene ring substituents is 1. The van der Waals surface area contributed by atoms with Crippen LogP contribution in [0.1, 0.15) is 24.2 Å². The fourth-order valence-corrected chi connectivity index (χ4v) is 2.10. The third-order valence-electron chi connectivity index (χ3n) is 3.11. The lowest BCUT2D eigenvalue weighted by atomic mass is 10.2. The van der Waals surface area contributed by atoms with Crippen LogP contribution in [0.5, 0.6) is 5.75 Å². The molecule has 8 nitrogen and oxygen atoms in total. The topological polar surface area (TPSA) is 106 Å². The van der Waals surface area contributed by atoms with Crippen LogP contribution in [-0.2, 0) is 0 Å². The van der Waals surface area contributed by atoms with Gasteiger partial charge in [0, 0.05) is 17.7 Å². The molecule has 0 aromatic heterocycles. The van der Waals surface area contributed by atoms with E-state index in [1.54, 1.807) is 24.3 Å². The predicted molar refractivity (Wildman–Crippen MR) is 102 cm³/mol. The number of carbonyl (C=O) groups excluding carboxylic acids is 1. The summed E-state index contributed by atoms with van der Waals surface area (Å²) in [7, 11) is 0. The Balaban J connectivity index is 1.84. The van der Waals surface area contributed by atoms with Gasteiger partial charge in [-0.15, -0.1) is 0 Å². The van der Waals surface area contributed by atoms with Crippen molar-refractivity contribution in [1.82, 2.24) is 10.7 Å². The first kappa shape index (κ1) is 19.1. The van der Waals surface area contributed by atoms with E-state index in [4.69, 9.17) is 17.0 Å². The summed E-state index contributed by atoms with van der Waals surface area (Å²) < 4.78 is 5.52. The highest BCUT2D eigenvalue weighted by atomic mass is 32.1. The first-order chi connectivity index (χ1) is 12.3. The lowest BCUT2D eigenvalue weighted by Crippen LogP contribution is -2.41. The van der Waals surface area contributed by atoms with Crippen molar-refractivity contribution in [1.29, 1.82) is 0 Å². The van der Waals surface area contributed by atoms with Gasteiger partial charge in [-0.2, -0.15) is 0 Å². The molecule has 1 amide bonds. The van der Waals surface area contributed by atoms with E-state index in [-0.39, 0.29) is 22.8 Å². The monoisotopic (exact) mass is 374 g/mol. The lowest BCUT2D eigenvalue weighted by Gasteiger charge is -2.12. The van der Waals surface area contributed by atoms with Crippen LogP contribution in [0.4, 0.5) is 11.4 Å². The largest absolute Gasteiger partial charge is 0.491 e. The number of nitro groups is 1. The molecule has 0 atom stereocenters. The molecular formula is C17H18N4O4S. The quantitative estimate of drug-likeness (QED) is 0.405. The predicted octanol–water partition coefficient (Wildman–Crippen LogP) is 3.01. The molecule has 0 unspecified atom stereocenters. The molecule has 136 valence electrons. The minimum Gasteiger partial charge on any atom is -0.491 e. The van der Waals surface area contributed by atoms with Gasteiger partial charge in [-0.3, -0.25) is 31.1 Å². The Hall–Kier alpha value is -3.20. The van der Waals surface area contributed by atoms with Crippen LogP contribution in [0.2, 0.25) is 0 Å². The van der Waals surface area contributed by atoms with E-state index in [9.17, 15) is 14.9 Å². The zero-order chi connectivity index (χ0) is 19.1. The second-order valence-corrected chi connectivity index (χ2v) is 5.94. The number of thiocarbonyl (C=S) groups is 1. The maximum atomic E-state index is 12.1. The number of hydrogen-bond donors (Lipinski definition) is 3. The molecule has 0 aliphatic carbocycles. The van der Waals surface area contributed by atoms with E-state index in [1.807, 2.05) is 13.8 Å². The normalized spacial score (nSPS) is 10.1. The van der Waals surface area contributed by atoms with Crippen LogP contribution >= 0.6 is 12.2 Å². The molecule has 0 heterocycles. The van der Waals surface area contributed by atoms with Crippen molar-refractivity contribution in [2.75, 3.05) is 5.43 Å². The Morgan fingerprint density at radius 2 is 1.73 bits per heavy atom. The van der Waals surface area contributed by atoms with Gasteiger partial charge >= 0.3 is 0 Å². The number of benzene rings is 2. The number of amides is 1. The van der Waals surface area contributed by atoms with Gasteiger partial charge in [0.15, 0.2) is 5.11 Å². The number of carbonyl (C=O) groups is 1. The molecule has 9 heteroatoms. The number of rotatable bonds is 6. The minimum absolute atomic E-state index is 0.0173. The Morgan fingerprint density at radius 3 is 2.27 bits per heavy atom. The number of hydrogen-bond acceptors (Lipinski definition) is 6. The molecule has 2 rings (SSSR count). The van der Waals surface area contributed by atoms with Crippen LogP contribution in [0.15, 0.2) is 48.5 Å². The summed E-state index contributed by atoms with van der Waals surface area (Å²) in [5.41, 5.74) is 6.36. The lowest BCUT2D eigenvalue weighted by molar-refractivity contribution is -0.384. The maximum absolute atomic E-state index is 12.1. The van der Waals surface area contributed by atoms with Crippen molar-refractivity contribution in [3.63, 3.8) is 0 Å². The first-order valence-corrected chi connectivity index (χ1v) is 8.14. The fraction of sp³-hybridized carbons (Fsp3) is 0.176. The molecule has 0 aliphatic heterocycles. The molecule has 0 radical (unpaired) electrons. The van der Waals surface area contributed by atoms with Crippen molar-refractivity contribution in [3.8, 4) is 5.75 Å². The molecule has 2 aromatic carbocycles. The second kappa shape index (κ2) is 8.77. The van der Waals surface area contributed by atoms with E-state index >= 15 is 0 Å². The molecule has 26 heavy (non-hydrogen) atoms.